The Balaban J connectivity index is 2.15. The summed E-state index contributed by atoms with van der Waals surface area (Å²) in [5.41, 5.74) is -0.112. The molecule has 4 nitrogen and oxygen atoms in total. The Labute approximate surface area is 130 Å². The van der Waals surface area contributed by atoms with Crippen molar-refractivity contribution in [1.29, 1.82) is 0 Å². The smallest absolute Gasteiger partial charge is 0.342 e. The Kier molecular flexibility index (Phi) is 5.12. The van der Waals surface area contributed by atoms with Crippen LogP contribution in [0.1, 0.15) is 37.0 Å². The number of benzene rings is 1. The van der Waals surface area contributed by atoms with Crippen LogP contribution in [-0.2, 0) is 4.74 Å². The molecule has 1 heterocycles. The van der Waals surface area contributed by atoms with Gasteiger partial charge in [-0.2, -0.15) is 0 Å². The van der Waals surface area contributed by atoms with Crippen LogP contribution in [0.15, 0.2) is 18.2 Å². The molecule has 1 aromatic carbocycles. The van der Waals surface area contributed by atoms with Gasteiger partial charge in [-0.15, -0.1) is 0 Å². The predicted octanol–water partition coefficient (Wildman–Crippen LogP) is 2.26. The Morgan fingerprint density at radius 2 is 2.00 bits per heavy atom. The molecule has 0 spiro atoms. The number of nitrogens with two attached hydrogens (primary N) is 1. The van der Waals surface area contributed by atoms with Gasteiger partial charge in [0.05, 0.1) is 25.2 Å². The molecule has 0 bridgehead atoms. The summed E-state index contributed by atoms with van der Waals surface area (Å²) in [4.78, 5) is 12.5. The summed E-state index contributed by atoms with van der Waals surface area (Å²) in [5, 5.41) is 2.71. The van der Waals surface area contributed by atoms with Gasteiger partial charge in [0, 0.05) is 18.8 Å². The zero-order chi connectivity index (χ0) is 15.5. The molecule has 0 atom stereocenters. The lowest BCUT2D eigenvalue weighted by molar-refractivity contribution is -0.665. The molecule has 0 aliphatic carbocycles. The van der Waals surface area contributed by atoms with Crippen molar-refractivity contribution in [2.24, 2.45) is 5.92 Å². The summed E-state index contributed by atoms with van der Waals surface area (Å²) in [7, 11) is 1.50. The van der Waals surface area contributed by atoms with Crippen LogP contribution >= 0.6 is 11.6 Å². The predicted molar refractivity (Wildman–Crippen MR) is 81.9 cm³/mol. The van der Waals surface area contributed by atoms with Crippen LogP contribution in [0.25, 0.3) is 0 Å². The molecule has 21 heavy (non-hydrogen) atoms. The van der Waals surface area contributed by atoms with Crippen molar-refractivity contribution in [1.82, 2.24) is 0 Å². The molecule has 2 N–H and O–H groups in total. The van der Waals surface area contributed by atoms with Crippen LogP contribution in [0.4, 0.5) is 0 Å². The van der Waals surface area contributed by atoms with Gasteiger partial charge in [0.2, 0.25) is 0 Å². The van der Waals surface area contributed by atoms with Crippen LogP contribution in [0, 0.1) is 5.92 Å². The molecule has 1 aromatic rings. The highest BCUT2D eigenvalue weighted by atomic mass is 35.5. The number of halogens is 1. The first kappa shape index (κ1) is 16.1. The second-order valence-corrected chi connectivity index (χ2v) is 6.36. The Hall–Kier alpha value is -1.26. The Bertz CT molecular complexity index is 510. The molecule has 0 unspecified atom stereocenters. The molecule has 1 fully saturated rings. The van der Waals surface area contributed by atoms with E-state index in [4.69, 9.17) is 21.1 Å². The van der Waals surface area contributed by atoms with E-state index >= 15 is 0 Å². The summed E-state index contributed by atoms with van der Waals surface area (Å²) in [6.45, 7) is 6.15. The van der Waals surface area contributed by atoms with E-state index in [1.807, 2.05) is 13.8 Å². The van der Waals surface area contributed by atoms with Crippen LogP contribution in [0.2, 0.25) is 5.02 Å². The number of quaternary nitrogens is 1. The molecule has 116 valence electrons. The number of rotatable bonds is 4. The van der Waals surface area contributed by atoms with Gasteiger partial charge in [-0.25, -0.2) is 4.79 Å². The highest BCUT2D eigenvalue weighted by molar-refractivity contribution is 6.32. The number of carbonyl (C=O) groups excluding carboxylic acids is 1. The van der Waals surface area contributed by atoms with Crippen LogP contribution in [0.3, 0.4) is 0 Å². The average molecular weight is 313 g/mol. The molecule has 5 heteroatoms. The summed E-state index contributed by atoms with van der Waals surface area (Å²) >= 11 is 6.06. The van der Waals surface area contributed by atoms with E-state index in [1.165, 1.54) is 7.11 Å². The first-order chi connectivity index (χ1) is 9.95. The third kappa shape index (κ3) is 3.69. The number of methoxy groups -OCH3 is 1. The minimum Gasteiger partial charge on any atom is -0.494 e. The fourth-order valence-electron chi connectivity index (χ4n) is 2.88. The Morgan fingerprint density at radius 3 is 2.62 bits per heavy atom. The van der Waals surface area contributed by atoms with Gasteiger partial charge in [0.15, 0.2) is 5.75 Å². The fourth-order valence-corrected chi connectivity index (χ4v) is 3.13. The maximum atomic E-state index is 12.5. The second kappa shape index (κ2) is 6.67. The van der Waals surface area contributed by atoms with Crippen molar-refractivity contribution in [2.75, 3.05) is 20.2 Å². The molecule has 0 amide bonds. The van der Waals surface area contributed by atoms with Gasteiger partial charge in [-0.05, 0) is 26.0 Å². The fraction of sp³-hybridized carbons (Fsp3) is 0.562. The van der Waals surface area contributed by atoms with Crippen LogP contribution in [0.5, 0.6) is 5.75 Å². The minimum atomic E-state index is -0.487. The number of para-hydroxylation sites is 1. The number of esters is 1. The molecule has 0 radical (unpaired) electrons. The van der Waals surface area contributed by atoms with Crippen LogP contribution in [-0.4, -0.2) is 31.8 Å². The second-order valence-electron chi connectivity index (χ2n) is 5.95. The highest BCUT2D eigenvalue weighted by Gasteiger charge is 2.36. The van der Waals surface area contributed by atoms with Crippen molar-refractivity contribution in [3.8, 4) is 5.75 Å². The molecular weight excluding hydrogens is 290 g/mol. The maximum Gasteiger partial charge on any atom is 0.342 e. The average Bonchev–Trinajstić information content (AvgIpc) is 2.47. The molecular formula is C16H23ClNO3+. The third-order valence-corrected chi connectivity index (χ3v) is 4.47. The SMILES string of the molecule is COc1c(Cl)cccc1C(=O)OC(C)(C)C1CC[NH2+]CC1. The summed E-state index contributed by atoms with van der Waals surface area (Å²) in [5.74, 6) is 0.377. The molecule has 1 saturated heterocycles. The normalized spacial score (nSPS) is 16.6. The quantitative estimate of drug-likeness (QED) is 0.868. The van der Waals surface area contributed by atoms with E-state index in [1.54, 1.807) is 18.2 Å². The van der Waals surface area contributed by atoms with Crippen molar-refractivity contribution in [2.45, 2.75) is 32.3 Å². The van der Waals surface area contributed by atoms with Gasteiger partial charge in [0.1, 0.15) is 11.2 Å². The summed E-state index contributed by atoms with van der Waals surface area (Å²) in [6.07, 6.45) is 2.12. The van der Waals surface area contributed by atoms with E-state index in [0.717, 1.165) is 25.9 Å². The molecule has 2 rings (SSSR count). The van der Waals surface area contributed by atoms with E-state index in [0.29, 0.717) is 22.3 Å². The van der Waals surface area contributed by atoms with E-state index < -0.39 is 5.60 Å². The molecule has 0 aromatic heterocycles. The molecule has 0 saturated carbocycles. The zero-order valence-electron chi connectivity index (χ0n) is 12.8. The number of hydrogen-bond acceptors (Lipinski definition) is 3. The topological polar surface area (TPSA) is 52.1 Å². The number of piperidine rings is 1. The third-order valence-electron chi connectivity index (χ3n) is 4.17. The summed E-state index contributed by atoms with van der Waals surface area (Å²) < 4.78 is 11.0. The zero-order valence-corrected chi connectivity index (χ0v) is 13.6. The monoisotopic (exact) mass is 312 g/mol. The maximum absolute atomic E-state index is 12.5. The van der Waals surface area contributed by atoms with Crippen molar-refractivity contribution >= 4 is 17.6 Å². The lowest BCUT2D eigenvalue weighted by Gasteiger charge is -2.35. The standard InChI is InChI=1S/C16H22ClNO3/c1-16(2,11-7-9-18-10-8-11)21-15(19)12-5-4-6-13(17)14(12)20-3/h4-6,11,18H,7-10H2,1-3H3/p+1. The van der Waals surface area contributed by atoms with Gasteiger partial charge in [-0.3, -0.25) is 0 Å². The van der Waals surface area contributed by atoms with Crippen molar-refractivity contribution < 1.29 is 19.6 Å². The van der Waals surface area contributed by atoms with Gasteiger partial charge >= 0.3 is 5.97 Å². The van der Waals surface area contributed by atoms with Gasteiger partial charge in [-0.1, -0.05) is 17.7 Å². The number of hydrogen-bond donors (Lipinski definition) is 1. The van der Waals surface area contributed by atoms with Crippen LogP contribution < -0.4 is 10.1 Å². The van der Waals surface area contributed by atoms with E-state index in [9.17, 15) is 4.79 Å². The van der Waals surface area contributed by atoms with Gasteiger partial charge < -0.3 is 14.8 Å². The molecule has 1 aliphatic heterocycles. The highest BCUT2D eigenvalue weighted by Crippen LogP contribution is 2.32. The Morgan fingerprint density at radius 1 is 1.33 bits per heavy atom. The molecule has 1 aliphatic rings. The summed E-state index contributed by atoms with van der Waals surface area (Å²) in [6, 6.07) is 5.10. The minimum absolute atomic E-state index is 0.372. The van der Waals surface area contributed by atoms with Crippen molar-refractivity contribution in [3.05, 3.63) is 28.8 Å². The number of carbonyl (C=O) groups is 1. The lowest BCUT2D eigenvalue weighted by Crippen LogP contribution is -2.86. The van der Waals surface area contributed by atoms with Gasteiger partial charge in [0.25, 0.3) is 0 Å². The van der Waals surface area contributed by atoms with E-state index in [2.05, 4.69) is 5.32 Å². The number of ether oxygens (including phenoxy) is 2. The first-order valence-corrected chi connectivity index (χ1v) is 7.71. The largest absolute Gasteiger partial charge is 0.494 e. The lowest BCUT2D eigenvalue weighted by atomic mass is 9.83. The van der Waals surface area contributed by atoms with E-state index in [-0.39, 0.29) is 5.97 Å². The first-order valence-electron chi connectivity index (χ1n) is 7.33. The van der Waals surface area contributed by atoms with Crippen molar-refractivity contribution in [3.63, 3.8) is 0 Å².